The number of nitrogens with zero attached hydrogens (tertiary/aromatic N) is 1. The molecule has 3 rings (SSSR count). The van der Waals surface area contributed by atoms with E-state index in [-0.39, 0.29) is 24.3 Å². The lowest BCUT2D eigenvalue weighted by molar-refractivity contribution is -0.132. The van der Waals surface area contributed by atoms with Crippen LogP contribution in [0.2, 0.25) is 0 Å². The molecule has 118 valence electrons. The van der Waals surface area contributed by atoms with Gasteiger partial charge >= 0.3 is 6.03 Å². The van der Waals surface area contributed by atoms with E-state index in [2.05, 4.69) is 21.2 Å². The number of urea groups is 1. The third kappa shape index (κ3) is 2.76. The Morgan fingerprint density at radius 3 is 2.50 bits per heavy atom. The van der Waals surface area contributed by atoms with E-state index >= 15 is 0 Å². The van der Waals surface area contributed by atoms with Crippen molar-refractivity contribution in [3.05, 3.63) is 34.1 Å². The van der Waals surface area contributed by atoms with E-state index in [1.54, 1.807) is 6.07 Å². The van der Waals surface area contributed by atoms with Crippen LogP contribution in [0.5, 0.6) is 0 Å². The average Bonchev–Trinajstić information content (AvgIpc) is 2.65. The van der Waals surface area contributed by atoms with Gasteiger partial charge < -0.3 is 5.32 Å². The molecule has 0 unspecified atom stereocenters. The average molecular weight is 369 g/mol. The first-order chi connectivity index (χ1) is 10.5. The molecule has 1 aromatic carbocycles. The van der Waals surface area contributed by atoms with Crippen LogP contribution in [-0.4, -0.2) is 22.4 Å². The van der Waals surface area contributed by atoms with Crippen LogP contribution in [0.25, 0.3) is 0 Å². The molecule has 0 bridgehead atoms. The third-order valence-electron chi connectivity index (χ3n) is 4.55. The Morgan fingerprint density at radius 2 is 1.86 bits per heavy atom. The fourth-order valence-corrected chi connectivity index (χ4v) is 3.79. The van der Waals surface area contributed by atoms with Gasteiger partial charge in [-0.3, -0.25) is 9.69 Å². The summed E-state index contributed by atoms with van der Waals surface area (Å²) in [6.45, 7) is 0.160. The SMILES string of the molecule is O=C1NC2(CCCCCC2)C(=O)N1Cc1ccc(F)cc1Br. The number of benzene rings is 1. The summed E-state index contributed by atoms with van der Waals surface area (Å²) in [4.78, 5) is 26.3. The zero-order chi connectivity index (χ0) is 15.7. The second-order valence-electron chi connectivity index (χ2n) is 6.05. The molecule has 1 N–H and O–H groups in total. The summed E-state index contributed by atoms with van der Waals surface area (Å²) < 4.78 is 13.7. The van der Waals surface area contributed by atoms with Crippen LogP contribution in [0.4, 0.5) is 9.18 Å². The van der Waals surface area contributed by atoms with E-state index in [1.807, 2.05) is 0 Å². The van der Waals surface area contributed by atoms with E-state index in [0.29, 0.717) is 17.3 Å². The Balaban J connectivity index is 1.82. The van der Waals surface area contributed by atoms with Crippen molar-refractivity contribution in [3.8, 4) is 0 Å². The highest BCUT2D eigenvalue weighted by Gasteiger charge is 2.50. The monoisotopic (exact) mass is 368 g/mol. The minimum Gasteiger partial charge on any atom is -0.323 e. The molecule has 6 heteroatoms. The summed E-state index contributed by atoms with van der Waals surface area (Å²) in [5.41, 5.74) is -0.00401. The zero-order valence-corrected chi connectivity index (χ0v) is 13.8. The molecule has 4 nitrogen and oxygen atoms in total. The number of imide groups is 1. The maximum absolute atomic E-state index is 13.2. The van der Waals surface area contributed by atoms with Gasteiger partial charge in [-0.2, -0.15) is 0 Å². The van der Waals surface area contributed by atoms with Crippen molar-refractivity contribution >= 4 is 27.9 Å². The highest BCUT2D eigenvalue weighted by molar-refractivity contribution is 9.10. The van der Waals surface area contributed by atoms with E-state index in [4.69, 9.17) is 0 Å². The Hall–Kier alpha value is -1.43. The Morgan fingerprint density at radius 1 is 1.18 bits per heavy atom. The maximum Gasteiger partial charge on any atom is 0.325 e. The Labute approximate surface area is 137 Å². The quantitative estimate of drug-likeness (QED) is 0.808. The standard InChI is InChI=1S/C16H18BrFN2O2/c17-13-9-12(18)6-5-11(13)10-20-14(21)16(19-15(20)22)7-3-1-2-4-8-16/h5-6,9H,1-4,7-8,10H2,(H,19,22). The van der Waals surface area contributed by atoms with E-state index in [0.717, 1.165) is 31.2 Å². The van der Waals surface area contributed by atoms with E-state index in [1.165, 1.54) is 17.0 Å². The van der Waals surface area contributed by atoms with Crippen molar-refractivity contribution in [1.82, 2.24) is 10.2 Å². The van der Waals surface area contributed by atoms with Crippen LogP contribution in [0.1, 0.15) is 44.1 Å². The zero-order valence-electron chi connectivity index (χ0n) is 12.2. The predicted molar refractivity (Wildman–Crippen MR) is 83.6 cm³/mol. The smallest absolute Gasteiger partial charge is 0.323 e. The maximum atomic E-state index is 13.2. The molecule has 1 heterocycles. The van der Waals surface area contributed by atoms with Crippen LogP contribution in [0.3, 0.4) is 0 Å². The molecule has 2 fully saturated rings. The molecule has 1 aromatic rings. The first kappa shape index (κ1) is 15.5. The van der Waals surface area contributed by atoms with Crippen molar-refractivity contribution in [2.45, 2.75) is 50.6 Å². The number of halogens is 2. The molecular formula is C16H18BrFN2O2. The first-order valence-electron chi connectivity index (χ1n) is 7.60. The molecule has 22 heavy (non-hydrogen) atoms. The van der Waals surface area contributed by atoms with Crippen molar-refractivity contribution in [1.29, 1.82) is 0 Å². The number of nitrogens with one attached hydrogen (secondary N) is 1. The van der Waals surface area contributed by atoms with Gasteiger partial charge in [0.1, 0.15) is 11.4 Å². The van der Waals surface area contributed by atoms with Crippen molar-refractivity contribution in [3.63, 3.8) is 0 Å². The molecule has 1 saturated heterocycles. The number of amides is 3. The molecule has 0 radical (unpaired) electrons. The van der Waals surface area contributed by atoms with Gasteiger partial charge in [-0.05, 0) is 30.5 Å². The van der Waals surface area contributed by atoms with Crippen molar-refractivity contribution < 1.29 is 14.0 Å². The topological polar surface area (TPSA) is 49.4 Å². The Kier molecular flexibility index (Phi) is 4.21. The van der Waals surface area contributed by atoms with Crippen molar-refractivity contribution in [2.75, 3.05) is 0 Å². The molecule has 0 aromatic heterocycles. The van der Waals surface area contributed by atoms with Crippen LogP contribution >= 0.6 is 15.9 Å². The summed E-state index contributed by atoms with van der Waals surface area (Å²) in [6, 6.07) is 3.93. The van der Waals surface area contributed by atoms with Crippen LogP contribution in [0.15, 0.2) is 22.7 Å². The molecule has 2 aliphatic rings. The molecule has 0 atom stereocenters. The molecule has 1 aliphatic heterocycles. The summed E-state index contributed by atoms with van der Waals surface area (Å²) in [5.74, 6) is -0.497. The van der Waals surface area contributed by atoms with Gasteiger partial charge in [0.25, 0.3) is 5.91 Å². The van der Waals surface area contributed by atoms with Crippen LogP contribution in [0, 0.1) is 5.82 Å². The van der Waals surface area contributed by atoms with Gasteiger partial charge in [-0.15, -0.1) is 0 Å². The van der Waals surface area contributed by atoms with Gasteiger partial charge in [0, 0.05) is 4.47 Å². The highest BCUT2D eigenvalue weighted by atomic mass is 79.9. The number of rotatable bonds is 2. The fraction of sp³-hybridized carbons (Fsp3) is 0.500. The number of carbonyl (C=O) groups is 2. The lowest BCUT2D eigenvalue weighted by atomic mass is 9.90. The normalized spacial score (nSPS) is 21.1. The first-order valence-corrected chi connectivity index (χ1v) is 8.39. The van der Waals surface area contributed by atoms with Gasteiger partial charge in [0.05, 0.1) is 6.54 Å². The van der Waals surface area contributed by atoms with Gasteiger partial charge in [-0.1, -0.05) is 47.7 Å². The minimum atomic E-state index is -0.722. The van der Waals surface area contributed by atoms with Crippen LogP contribution < -0.4 is 5.32 Å². The number of hydrogen-bond acceptors (Lipinski definition) is 2. The summed E-state index contributed by atoms with van der Waals surface area (Å²) in [6.07, 6.45) is 5.54. The fourth-order valence-electron chi connectivity index (χ4n) is 3.31. The summed E-state index contributed by atoms with van der Waals surface area (Å²) in [5, 5.41) is 2.91. The molecular weight excluding hydrogens is 351 g/mol. The van der Waals surface area contributed by atoms with E-state index in [9.17, 15) is 14.0 Å². The molecule has 1 spiro atoms. The minimum absolute atomic E-state index is 0.143. The van der Waals surface area contributed by atoms with Crippen LogP contribution in [-0.2, 0) is 11.3 Å². The largest absolute Gasteiger partial charge is 0.325 e. The highest BCUT2D eigenvalue weighted by Crippen LogP contribution is 2.34. The summed E-state index contributed by atoms with van der Waals surface area (Å²) >= 11 is 3.28. The van der Waals surface area contributed by atoms with E-state index < -0.39 is 5.54 Å². The van der Waals surface area contributed by atoms with Crippen molar-refractivity contribution in [2.24, 2.45) is 0 Å². The third-order valence-corrected chi connectivity index (χ3v) is 5.28. The van der Waals surface area contributed by atoms with Gasteiger partial charge in [0.2, 0.25) is 0 Å². The molecule has 1 saturated carbocycles. The number of hydrogen-bond donors (Lipinski definition) is 1. The van der Waals surface area contributed by atoms with Gasteiger partial charge in [-0.25, -0.2) is 9.18 Å². The predicted octanol–water partition coefficient (Wildman–Crippen LogP) is 3.73. The second kappa shape index (κ2) is 5.99. The van der Waals surface area contributed by atoms with Gasteiger partial charge in [0.15, 0.2) is 0 Å². The molecule has 1 aliphatic carbocycles. The Bertz CT molecular complexity index is 612. The second-order valence-corrected chi connectivity index (χ2v) is 6.91. The molecule has 3 amide bonds. The number of carbonyl (C=O) groups excluding carboxylic acids is 2. The lowest BCUT2D eigenvalue weighted by Crippen LogP contribution is -2.46. The summed E-state index contributed by atoms with van der Waals surface area (Å²) in [7, 11) is 0. The lowest BCUT2D eigenvalue weighted by Gasteiger charge is -2.24.